The van der Waals surface area contributed by atoms with Crippen LogP contribution in [0.25, 0.3) is 0 Å². The Kier molecular flexibility index (Phi) is 48.9. The molecule has 0 aliphatic heterocycles. The lowest BCUT2D eigenvalue weighted by molar-refractivity contribution is -0.870. The first kappa shape index (κ1) is 66.7. The number of aliphatic hydroxyl groups is 1. The molecule has 0 fully saturated rings. The van der Waals surface area contributed by atoms with Gasteiger partial charge in [0.15, 0.2) is 0 Å². The Morgan fingerprint density at radius 2 is 0.884 bits per heavy atom. The molecule has 69 heavy (non-hydrogen) atoms. The molecule has 0 aromatic heterocycles. The fraction of sp³-hybridized carbons (Fsp3) is 0.750. The Morgan fingerprint density at radius 1 is 0.522 bits per heavy atom. The minimum absolute atomic E-state index is 0.00237. The Hall–Kier alpha value is -2.32. The number of amides is 1. The first-order valence-corrected chi connectivity index (χ1v) is 29.9. The van der Waals surface area contributed by atoms with Crippen molar-refractivity contribution in [3.8, 4) is 0 Å². The van der Waals surface area contributed by atoms with E-state index in [9.17, 15) is 19.4 Å². The summed E-state index contributed by atoms with van der Waals surface area (Å²) >= 11 is 0. The van der Waals surface area contributed by atoms with Crippen LogP contribution >= 0.6 is 7.82 Å². The number of phosphoric ester groups is 1. The third-order valence-corrected chi connectivity index (χ3v) is 13.3. The second kappa shape index (κ2) is 50.6. The van der Waals surface area contributed by atoms with Crippen molar-refractivity contribution in [1.82, 2.24) is 5.32 Å². The predicted octanol–water partition coefficient (Wildman–Crippen LogP) is 16.6. The summed E-state index contributed by atoms with van der Waals surface area (Å²) in [6.45, 7) is 4.48. The lowest BCUT2D eigenvalue weighted by Gasteiger charge is -2.29. The van der Waals surface area contributed by atoms with Crippen LogP contribution in [0.15, 0.2) is 85.1 Å². The van der Waals surface area contributed by atoms with Crippen molar-refractivity contribution in [1.29, 1.82) is 0 Å². The van der Waals surface area contributed by atoms with Gasteiger partial charge in [-0.05, 0) is 70.6 Å². The van der Waals surface area contributed by atoms with Crippen LogP contribution in [0.4, 0.5) is 0 Å². The maximum atomic E-state index is 12.9. The molecule has 0 bridgehead atoms. The van der Waals surface area contributed by atoms with Crippen molar-refractivity contribution in [3.63, 3.8) is 0 Å². The molecule has 0 aromatic rings. The van der Waals surface area contributed by atoms with Gasteiger partial charge in [-0.3, -0.25) is 9.36 Å². The van der Waals surface area contributed by atoms with E-state index in [1.54, 1.807) is 6.08 Å². The van der Waals surface area contributed by atoms with Gasteiger partial charge < -0.3 is 28.8 Å². The molecule has 3 unspecified atom stereocenters. The first-order valence-electron chi connectivity index (χ1n) is 28.4. The molecule has 9 heteroatoms. The molecule has 0 heterocycles. The quantitative estimate of drug-likeness (QED) is 0.0272. The number of hydrogen-bond donors (Lipinski definition) is 2. The summed E-state index contributed by atoms with van der Waals surface area (Å²) in [5, 5.41) is 13.7. The number of allylic oxidation sites excluding steroid dienone is 13. The number of likely N-dealkylation sites (N-methyl/N-ethyl adjacent to an activating group) is 1. The highest BCUT2D eigenvalue weighted by atomic mass is 31.2. The van der Waals surface area contributed by atoms with Gasteiger partial charge in [-0.2, -0.15) is 0 Å². The van der Waals surface area contributed by atoms with Crippen molar-refractivity contribution >= 4 is 13.7 Å². The number of carbonyl (C=O) groups excluding carboxylic acids is 1. The maximum Gasteiger partial charge on any atom is 0.268 e. The maximum absolute atomic E-state index is 12.9. The number of phosphoric acid groups is 1. The molecule has 0 aliphatic carbocycles. The molecular formula is C60H109N2O6P. The summed E-state index contributed by atoms with van der Waals surface area (Å²) in [5.41, 5.74) is 0. The molecule has 0 saturated carbocycles. The van der Waals surface area contributed by atoms with Gasteiger partial charge in [0.1, 0.15) is 13.2 Å². The second-order valence-corrected chi connectivity index (χ2v) is 21.7. The van der Waals surface area contributed by atoms with Crippen LogP contribution in [0.1, 0.15) is 239 Å². The molecule has 400 valence electrons. The number of nitrogens with one attached hydrogen (secondary N) is 1. The fourth-order valence-corrected chi connectivity index (χ4v) is 8.64. The molecule has 0 spiro atoms. The van der Waals surface area contributed by atoms with E-state index in [0.29, 0.717) is 17.4 Å². The summed E-state index contributed by atoms with van der Waals surface area (Å²) in [7, 11) is 1.26. The van der Waals surface area contributed by atoms with Gasteiger partial charge in [0.25, 0.3) is 7.82 Å². The van der Waals surface area contributed by atoms with E-state index in [-0.39, 0.29) is 19.1 Å². The first-order chi connectivity index (χ1) is 33.5. The van der Waals surface area contributed by atoms with Crippen LogP contribution < -0.4 is 10.2 Å². The minimum atomic E-state index is -4.58. The van der Waals surface area contributed by atoms with Gasteiger partial charge in [-0.1, -0.05) is 247 Å². The number of quaternary nitrogens is 1. The largest absolute Gasteiger partial charge is 0.756 e. The van der Waals surface area contributed by atoms with Crippen LogP contribution in [0.2, 0.25) is 0 Å². The van der Waals surface area contributed by atoms with E-state index < -0.39 is 20.0 Å². The Morgan fingerprint density at radius 3 is 1.29 bits per heavy atom. The monoisotopic (exact) mass is 985 g/mol. The highest BCUT2D eigenvalue weighted by molar-refractivity contribution is 7.45. The lowest BCUT2D eigenvalue weighted by Crippen LogP contribution is -2.45. The third kappa shape index (κ3) is 53.3. The zero-order chi connectivity index (χ0) is 50.6. The standard InChI is InChI=1S/C60H109N2O6P/c1-6-8-10-12-14-16-17-18-19-20-21-22-23-24-25-26-27-28-29-30-31-32-33-34-35-36-37-38-39-40-41-42-43-44-45-46-48-50-52-54-60(64)61-58(57-68-69(65,66)67-56-55-62(3,4)5)59(63)53-51-49-47-15-13-11-9-7-2/h8,10,14,16,18-19,21-22,24-25,27-28,51,53,58-59,63H,6-7,9,11-13,15,17,20,23,26,29-50,52,54-57H2,1-5H3,(H-,61,64,65,66)/b10-8-,16-14-,19-18-,22-21-,25-24-,28-27-,53-51+. The lowest BCUT2D eigenvalue weighted by atomic mass is 10.0. The molecule has 8 nitrogen and oxygen atoms in total. The summed E-state index contributed by atoms with van der Waals surface area (Å²) in [6, 6.07) is -0.885. The van der Waals surface area contributed by atoms with Gasteiger partial charge in [0, 0.05) is 6.42 Å². The molecular weight excluding hydrogens is 876 g/mol. The van der Waals surface area contributed by atoms with Gasteiger partial charge in [-0.25, -0.2) is 0 Å². The van der Waals surface area contributed by atoms with Crippen molar-refractivity contribution in [2.24, 2.45) is 0 Å². The van der Waals surface area contributed by atoms with Crippen LogP contribution in [0.3, 0.4) is 0 Å². The topological polar surface area (TPSA) is 108 Å². The summed E-state index contributed by atoms with van der Waals surface area (Å²) < 4.78 is 23.2. The number of carbonyl (C=O) groups is 1. The number of nitrogens with zero attached hydrogens (tertiary/aromatic N) is 1. The molecule has 2 N–H and O–H groups in total. The third-order valence-electron chi connectivity index (χ3n) is 12.4. The number of unbranched alkanes of at least 4 members (excludes halogenated alkanes) is 26. The summed E-state index contributed by atoms with van der Waals surface area (Å²) in [6.07, 6.45) is 71.3. The Bertz CT molecular complexity index is 1400. The normalized spacial score (nSPS) is 14.6. The second-order valence-electron chi connectivity index (χ2n) is 20.3. The smallest absolute Gasteiger partial charge is 0.268 e. The SMILES string of the molecule is CC/C=C\C/C=C\C/C=C\C/C=C\C/C=C\C/C=C\CCCCCCCCCCCCCCCCCCCCCCC(=O)NC(COP(=O)([O-])OCC[N+](C)(C)C)C(O)/C=C/CCCCCCCC. The summed E-state index contributed by atoms with van der Waals surface area (Å²) in [5.74, 6) is -0.201. The Labute approximate surface area is 426 Å². The molecule has 0 rings (SSSR count). The molecule has 0 saturated heterocycles. The zero-order valence-corrected chi connectivity index (χ0v) is 46.4. The van der Waals surface area contributed by atoms with Crippen LogP contribution in [0, 0.1) is 0 Å². The highest BCUT2D eigenvalue weighted by Gasteiger charge is 2.23. The van der Waals surface area contributed by atoms with E-state index in [1.807, 2.05) is 27.2 Å². The van der Waals surface area contributed by atoms with Crippen molar-refractivity contribution in [2.75, 3.05) is 40.9 Å². The van der Waals surface area contributed by atoms with Crippen LogP contribution in [0.5, 0.6) is 0 Å². The van der Waals surface area contributed by atoms with Crippen molar-refractivity contribution in [2.45, 2.75) is 251 Å². The Balaban J connectivity index is 3.84. The molecule has 0 radical (unpaired) electrons. The highest BCUT2D eigenvalue weighted by Crippen LogP contribution is 2.38. The van der Waals surface area contributed by atoms with E-state index in [4.69, 9.17) is 9.05 Å². The number of aliphatic hydroxyl groups excluding tert-OH is 1. The van der Waals surface area contributed by atoms with E-state index in [1.165, 1.54) is 141 Å². The summed E-state index contributed by atoms with van der Waals surface area (Å²) in [4.78, 5) is 25.3. The zero-order valence-electron chi connectivity index (χ0n) is 45.5. The molecule has 3 atom stereocenters. The average Bonchev–Trinajstić information content (AvgIpc) is 3.31. The number of rotatable bonds is 51. The average molecular weight is 986 g/mol. The number of hydrogen-bond acceptors (Lipinski definition) is 6. The van der Waals surface area contributed by atoms with Crippen molar-refractivity contribution < 1.29 is 32.9 Å². The van der Waals surface area contributed by atoms with Crippen molar-refractivity contribution in [3.05, 3.63) is 85.1 Å². The minimum Gasteiger partial charge on any atom is -0.756 e. The van der Waals surface area contributed by atoms with Gasteiger partial charge in [0.05, 0.1) is 39.9 Å². The van der Waals surface area contributed by atoms with Gasteiger partial charge in [0.2, 0.25) is 5.91 Å². The van der Waals surface area contributed by atoms with Crippen LogP contribution in [-0.4, -0.2) is 68.5 Å². The van der Waals surface area contributed by atoms with E-state index >= 15 is 0 Å². The fourth-order valence-electron chi connectivity index (χ4n) is 7.92. The van der Waals surface area contributed by atoms with E-state index in [0.717, 1.165) is 77.0 Å². The van der Waals surface area contributed by atoms with Crippen LogP contribution in [-0.2, 0) is 18.4 Å². The molecule has 1 amide bonds. The molecule has 0 aliphatic rings. The predicted molar refractivity (Wildman–Crippen MR) is 297 cm³/mol. The van der Waals surface area contributed by atoms with E-state index in [2.05, 4.69) is 92.1 Å². The van der Waals surface area contributed by atoms with Gasteiger partial charge >= 0.3 is 0 Å². The molecule has 0 aromatic carbocycles. The van der Waals surface area contributed by atoms with Gasteiger partial charge in [-0.15, -0.1) is 0 Å².